The smallest absolute Gasteiger partial charge is 0.150 e. The van der Waals surface area contributed by atoms with Crippen LogP contribution in [-0.4, -0.2) is 6.29 Å². The van der Waals surface area contributed by atoms with Gasteiger partial charge in [0.1, 0.15) is 6.29 Å². The summed E-state index contributed by atoms with van der Waals surface area (Å²) in [5, 5.41) is 3.85. The number of carbonyl (C=O) groups is 1. The molecule has 2 atom stereocenters. The van der Waals surface area contributed by atoms with E-state index in [-0.39, 0.29) is 6.04 Å². The monoisotopic (exact) mass is 321 g/mol. The predicted octanol–water partition coefficient (Wildman–Crippen LogP) is 5.47. The molecule has 1 saturated carbocycles. The number of nitrogens with one attached hydrogen (secondary N) is 1. The average Bonchev–Trinajstić information content (AvgIpc) is 2.67. The third-order valence-corrected chi connectivity index (χ3v) is 5.26. The lowest BCUT2D eigenvalue weighted by molar-refractivity contribution is 0.112. The van der Waals surface area contributed by atoms with Gasteiger partial charge < -0.3 is 5.32 Å². The van der Waals surface area contributed by atoms with Gasteiger partial charge in [-0.05, 0) is 42.9 Å². The summed E-state index contributed by atoms with van der Waals surface area (Å²) in [5.74, 6) is 0.645. The van der Waals surface area contributed by atoms with Crippen molar-refractivity contribution in [1.29, 1.82) is 0 Å². The predicted molar refractivity (Wildman–Crippen MR) is 99.1 cm³/mol. The summed E-state index contributed by atoms with van der Waals surface area (Å²) in [6.07, 6.45) is 7.47. The van der Waals surface area contributed by atoms with E-state index in [1.165, 1.54) is 43.2 Å². The molecule has 1 fully saturated rings. The first-order valence-corrected chi connectivity index (χ1v) is 9.14. The summed E-state index contributed by atoms with van der Waals surface area (Å²) >= 11 is 0. The zero-order valence-electron chi connectivity index (χ0n) is 14.4. The molecule has 1 aliphatic rings. The number of hydrogen-bond donors (Lipinski definition) is 1. The van der Waals surface area contributed by atoms with Crippen LogP contribution in [0.4, 0.5) is 0 Å². The number of aldehydes is 1. The highest BCUT2D eigenvalue weighted by molar-refractivity contribution is 5.75. The second-order valence-corrected chi connectivity index (χ2v) is 6.96. The van der Waals surface area contributed by atoms with Crippen molar-refractivity contribution in [2.45, 2.75) is 51.1 Å². The molecular formula is C22H27NO. The molecule has 0 aliphatic heterocycles. The molecule has 0 amide bonds. The fourth-order valence-electron chi connectivity index (χ4n) is 3.91. The van der Waals surface area contributed by atoms with E-state index in [9.17, 15) is 4.79 Å². The van der Waals surface area contributed by atoms with E-state index in [0.29, 0.717) is 12.0 Å². The Bertz CT molecular complexity index is 646. The third-order valence-electron chi connectivity index (χ3n) is 5.26. The van der Waals surface area contributed by atoms with Crippen LogP contribution in [0.2, 0.25) is 0 Å². The van der Waals surface area contributed by atoms with E-state index in [0.717, 1.165) is 11.8 Å². The van der Waals surface area contributed by atoms with Gasteiger partial charge in [0, 0.05) is 17.6 Å². The number of benzene rings is 2. The van der Waals surface area contributed by atoms with Gasteiger partial charge in [-0.15, -0.1) is 0 Å². The molecule has 1 unspecified atom stereocenters. The quantitative estimate of drug-likeness (QED) is 0.715. The van der Waals surface area contributed by atoms with Crippen molar-refractivity contribution >= 4 is 6.29 Å². The summed E-state index contributed by atoms with van der Waals surface area (Å²) in [4.78, 5) is 11.2. The Morgan fingerprint density at radius 3 is 2.38 bits per heavy atom. The van der Waals surface area contributed by atoms with Crippen molar-refractivity contribution < 1.29 is 4.79 Å². The van der Waals surface area contributed by atoms with Gasteiger partial charge in [0.25, 0.3) is 0 Å². The Morgan fingerprint density at radius 2 is 1.67 bits per heavy atom. The summed E-state index contributed by atoms with van der Waals surface area (Å²) in [6, 6.07) is 19.3. The van der Waals surface area contributed by atoms with Crippen LogP contribution in [-0.2, 0) is 0 Å². The lowest BCUT2D eigenvalue weighted by Crippen LogP contribution is -2.32. The minimum Gasteiger partial charge on any atom is -0.303 e. The summed E-state index contributed by atoms with van der Waals surface area (Å²) in [6.45, 7) is 2.23. The van der Waals surface area contributed by atoms with E-state index in [2.05, 4.69) is 54.7 Å². The highest BCUT2D eigenvalue weighted by atomic mass is 16.1. The van der Waals surface area contributed by atoms with Gasteiger partial charge in [0.05, 0.1) is 0 Å². The minimum atomic E-state index is 0.290. The second kappa shape index (κ2) is 8.25. The van der Waals surface area contributed by atoms with Gasteiger partial charge in [0.15, 0.2) is 0 Å². The van der Waals surface area contributed by atoms with Crippen LogP contribution in [0.25, 0.3) is 0 Å². The number of carbonyl (C=O) groups excluding carboxylic acids is 1. The Balaban J connectivity index is 1.85. The van der Waals surface area contributed by atoms with Crippen LogP contribution in [0.15, 0.2) is 54.6 Å². The maximum atomic E-state index is 11.2. The van der Waals surface area contributed by atoms with E-state index in [4.69, 9.17) is 0 Å². The molecule has 3 rings (SSSR count). The molecule has 2 nitrogen and oxygen atoms in total. The van der Waals surface area contributed by atoms with E-state index < -0.39 is 0 Å². The van der Waals surface area contributed by atoms with Gasteiger partial charge in [-0.25, -0.2) is 0 Å². The molecular weight excluding hydrogens is 294 g/mol. The molecule has 1 aliphatic carbocycles. The van der Waals surface area contributed by atoms with Gasteiger partial charge >= 0.3 is 0 Å². The fourth-order valence-corrected chi connectivity index (χ4v) is 3.91. The number of rotatable bonds is 6. The summed E-state index contributed by atoms with van der Waals surface area (Å²) in [7, 11) is 0. The van der Waals surface area contributed by atoms with Crippen LogP contribution in [0.3, 0.4) is 0 Å². The Labute approximate surface area is 145 Å². The van der Waals surface area contributed by atoms with Crippen molar-refractivity contribution in [3.8, 4) is 0 Å². The first-order valence-electron chi connectivity index (χ1n) is 9.14. The van der Waals surface area contributed by atoms with E-state index in [1.807, 2.05) is 12.1 Å². The standard InChI is InChI=1S/C22H27NO/c1-17(19-10-4-2-5-11-19)23-22(20-12-6-3-7-13-20)21-14-8-9-18(15-21)16-24/h2,4-5,8-11,14-17,20,22-23H,3,6-7,12-13H2,1H3/t17-,22?/m1/s1. The molecule has 0 spiro atoms. The lowest BCUT2D eigenvalue weighted by Gasteiger charge is -2.34. The molecule has 24 heavy (non-hydrogen) atoms. The molecule has 0 heterocycles. The summed E-state index contributed by atoms with van der Waals surface area (Å²) in [5.41, 5.74) is 3.32. The average molecular weight is 321 g/mol. The van der Waals surface area contributed by atoms with E-state index >= 15 is 0 Å². The molecule has 0 radical (unpaired) electrons. The second-order valence-electron chi connectivity index (χ2n) is 6.96. The highest BCUT2D eigenvalue weighted by Gasteiger charge is 2.26. The topological polar surface area (TPSA) is 29.1 Å². The first-order chi connectivity index (χ1) is 11.8. The van der Waals surface area contributed by atoms with Crippen LogP contribution < -0.4 is 5.32 Å². The zero-order valence-corrected chi connectivity index (χ0v) is 14.4. The normalized spacial score (nSPS) is 18.0. The summed E-state index contributed by atoms with van der Waals surface area (Å²) < 4.78 is 0. The Hall–Kier alpha value is -1.93. The fraction of sp³-hybridized carbons (Fsp3) is 0.409. The number of hydrogen-bond acceptors (Lipinski definition) is 2. The SMILES string of the molecule is C[C@@H](NC(c1cccc(C=O)c1)C1CCCCC1)c1ccccc1. The van der Waals surface area contributed by atoms with Crippen LogP contribution >= 0.6 is 0 Å². The maximum Gasteiger partial charge on any atom is 0.150 e. The minimum absolute atomic E-state index is 0.290. The Kier molecular flexibility index (Phi) is 5.81. The van der Waals surface area contributed by atoms with Crippen LogP contribution in [0, 0.1) is 5.92 Å². The van der Waals surface area contributed by atoms with Crippen LogP contribution in [0.5, 0.6) is 0 Å². The van der Waals surface area contributed by atoms with Gasteiger partial charge in [0.2, 0.25) is 0 Å². The largest absolute Gasteiger partial charge is 0.303 e. The van der Waals surface area contributed by atoms with Crippen molar-refractivity contribution in [1.82, 2.24) is 5.32 Å². The van der Waals surface area contributed by atoms with Gasteiger partial charge in [-0.2, -0.15) is 0 Å². The van der Waals surface area contributed by atoms with Crippen molar-refractivity contribution in [2.24, 2.45) is 5.92 Å². The van der Waals surface area contributed by atoms with Crippen molar-refractivity contribution in [3.05, 3.63) is 71.3 Å². The Morgan fingerprint density at radius 1 is 0.958 bits per heavy atom. The third kappa shape index (κ3) is 4.12. The molecule has 2 heteroatoms. The molecule has 2 aromatic carbocycles. The zero-order chi connectivity index (χ0) is 16.8. The maximum absolute atomic E-state index is 11.2. The van der Waals surface area contributed by atoms with Gasteiger partial charge in [-0.3, -0.25) is 4.79 Å². The van der Waals surface area contributed by atoms with E-state index in [1.54, 1.807) is 0 Å². The van der Waals surface area contributed by atoms with Gasteiger partial charge in [-0.1, -0.05) is 67.8 Å². The molecule has 126 valence electrons. The van der Waals surface area contributed by atoms with Crippen LogP contribution in [0.1, 0.15) is 72.6 Å². The molecule has 2 aromatic rings. The molecule has 0 aromatic heterocycles. The highest BCUT2D eigenvalue weighted by Crippen LogP contribution is 2.36. The molecule has 0 saturated heterocycles. The molecule has 0 bridgehead atoms. The van der Waals surface area contributed by atoms with Crippen molar-refractivity contribution in [2.75, 3.05) is 0 Å². The molecule has 1 N–H and O–H groups in total. The lowest BCUT2D eigenvalue weighted by atomic mass is 9.80. The van der Waals surface area contributed by atoms with Crippen molar-refractivity contribution in [3.63, 3.8) is 0 Å². The first kappa shape index (κ1) is 16.9.